The minimum atomic E-state index is -3.28. The molecule has 0 N–H and O–H groups in total. The summed E-state index contributed by atoms with van der Waals surface area (Å²) in [6, 6.07) is 4.62. The van der Waals surface area contributed by atoms with Gasteiger partial charge in [-0.1, -0.05) is 6.92 Å². The lowest BCUT2D eigenvalue weighted by Gasteiger charge is -2.26. The molecule has 1 aromatic rings. The van der Waals surface area contributed by atoms with Gasteiger partial charge in [0.05, 0.1) is 16.3 Å². The van der Waals surface area contributed by atoms with Crippen LogP contribution in [0.15, 0.2) is 23.1 Å². The van der Waals surface area contributed by atoms with Gasteiger partial charge in [-0.05, 0) is 24.6 Å². The lowest BCUT2D eigenvalue weighted by atomic mass is 10.2. The summed E-state index contributed by atoms with van der Waals surface area (Å²) in [5.41, 5.74) is 0.503. The van der Waals surface area contributed by atoms with Gasteiger partial charge in [0.2, 0.25) is 0 Å². The molecule has 0 saturated carbocycles. The molecule has 0 bridgehead atoms. The maximum absolute atomic E-state index is 12.0. The highest BCUT2D eigenvalue weighted by molar-refractivity contribution is 7.91. The van der Waals surface area contributed by atoms with Crippen LogP contribution in [0.2, 0.25) is 0 Å². The molecule has 1 aromatic carbocycles. The largest absolute Gasteiger partial charge is 0.482 e. The number of anilines is 1. The second kappa shape index (κ2) is 4.61. The van der Waals surface area contributed by atoms with Crippen LogP contribution in [0.25, 0.3) is 0 Å². The first-order chi connectivity index (χ1) is 8.45. The Bertz CT molecular complexity index is 580. The van der Waals surface area contributed by atoms with Gasteiger partial charge in [0.15, 0.2) is 16.4 Å². The van der Waals surface area contributed by atoms with Crippen LogP contribution in [-0.2, 0) is 14.6 Å². The van der Waals surface area contributed by atoms with E-state index in [0.717, 1.165) is 0 Å². The number of rotatable bonds is 3. The van der Waals surface area contributed by atoms with Crippen molar-refractivity contribution >= 4 is 21.4 Å². The highest BCUT2D eigenvalue weighted by Crippen LogP contribution is 2.33. The van der Waals surface area contributed by atoms with Gasteiger partial charge in [0.25, 0.3) is 5.91 Å². The van der Waals surface area contributed by atoms with E-state index in [4.69, 9.17) is 4.74 Å². The summed E-state index contributed by atoms with van der Waals surface area (Å²) in [5.74, 6) is 0.449. The molecule has 0 aromatic heterocycles. The summed E-state index contributed by atoms with van der Waals surface area (Å²) in [6.07, 6.45) is 0.560. The molecule has 0 spiro atoms. The Morgan fingerprint density at radius 2 is 2.11 bits per heavy atom. The summed E-state index contributed by atoms with van der Waals surface area (Å²) >= 11 is 0. The number of likely N-dealkylation sites (N-methyl/N-ethyl adjacent to an activating group) is 1. The zero-order valence-corrected chi connectivity index (χ0v) is 11.2. The van der Waals surface area contributed by atoms with Crippen LogP contribution < -0.4 is 9.64 Å². The van der Waals surface area contributed by atoms with Crippen molar-refractivity contribution in [2.45, 2.75) is 18.2 Å². The van der Waals surface area contributed by atoms with Crippen molar-refractivity contribution < 1.29 is 17.9 Å². The molecule has 0 unspecified atom stereocenters. The predicted molar refractivity (Wildman–Crippen MR) is 67.7 cm³/mol. The number of hydrogen-bond acceptors (Lipinski definition) is 4. The van der Waals surface area contributed by atoms with Crippen molar-refractivity contribution in [3.05, 3.63) is 18.2 Å². The average molecular weight is 269 g/mol. The third kappa shape index (κ3) is 2.20. The lowest BCUT2D eigenvalue weighted by molar-refractivity contribution is -0.120. The van der Waals surface area contributed by atoms with E-state index in [9.17, 15) is 13.2 Å². The number of benzene rings is 1. The summed E-state index contributed by atoms with van der Waals surface area (Å²) in [5, 5.41) is 0. The van der Waals surface area contributed by atoms with E-state index in [2.05, 4.69) is 0 Å². The Kier molecular flexibility index (Phi) is 3.30. The number of ether oxygens (including phenoxy) is 1. The van der Waals surface area contributed by atoms with Crippen molar-refractivity contribution in [2.24, 2.45) is 0 Å². The summed E-state index contributed by atoms with van der Waals surface area (Å²) < 4.78 is 29.2. The molecule has 0 radical (unpaired) electrons. The summed E-state index contributed by atoms with van der Waals surface area (Å²) in [4.78, 5) is 13.1. The molecule has 0 fully saturated rings. The maximum atomic E-state index is 12.0. The number of nitrogens with zero attached hydrogens (tertiary/aromatic N) is 1. The number of fused-ring (bicyclic) bond motifs is 1. The highest BCUT2D eigenvalue weighted by Gasteiger charge is 2.24. The summed E-state index contributed by atoms with van der Waals surface area (Å²) in [6.45, 7) is 1.80. The third-order valence-electron chi connectivity index (χ3n) is 2.85. The Morgan fingerprint density at radius 3 is 2.78 bits per heavy atom. The Labute approximate surface area is 106 Å². The SMILES string of the molecule is CCCS(=O)(=O)c1ccc2c(c1)N(C)C(=O)CO2. The van der Waals surface area contributed by atoms with Crippen LogP contribution in [0.1, 0.15) is 13.3 Å². The van der Waals surface area contributed by atoms with E-state index in [0.29, 0.717) is 17.9 Å². The molecular weight excluding hydrogens is 254 g/mol. The van der Waals surface area contributed by atoms with Gasteiger partial charge in [-0.25, -0.2) is 8.42 Å². The van der Waals surface area contributed by atoms with Gasteiger partial charge in [-0.2, -0.15) is 0 Å². The molecule has 1 amide bonds. The molecule has 2 rings (SSSR count). The van der Waals surface area contributed by atoms with E-state index in [1.807, 2.05) is 6.92 Å². The molecule has 1 heterocycles. The minimum Gasteiger partial charge on any atom is -0.482 e. The predicted octanol–water partition coefficient (Wildman–Crippen LogP) is 1.23. The van der Waals surface area contributed by atoms with Gasteiger partial charge in [-0.15, -0.1) is 0 Å². The number of amides is 1. The molecule has 0 atom stereocenters. The molecule has 18 heavy (non-hydrogen) atoms. The molecule has 5 nitrogen and oxygen atoms in total. The number of carbonyl (C=O) groups excluding carboxylic acids is 1. The normalized spacial score (nSPS) is 15.2. The smallest absolute Gasteiger partial charge is 0.264 e. The quantitative estimate of drug-likeness (QED) is 0.827. The molecule has 0 saturated heterocycles. The first-order valence-electron chi connectivity index (χ1n) is 5.72. The van der Waals surface area contributed by atoms with E-state index in [-0.39, 0.29) is 23.2 Å². The zero-order chi connectivity index (χ0) is 13.3. The average Bonchev–Trinajstić information content (AvgIpc) is 2.33. The maximum Gasteiger partial charge on any atom is 0.264 e. The van der Waals surface area contributed by atoms with Crippen molar-refractivity contribution in [1.82, 2.24) is 0 Å². The second-order valence-corrected chi connectivity index (χ2v) is 6.30. The molecule has 98 valence electrons. The van der Waals surface area contributed by atoms with Crippen LogP contribution in [-0.4, -0.2) is 33.7 Å². The number of sulfone groups is 1. The lowest BCUT2D eigenvalue weighted by Crippen LogP contribution is -2.35. The van der Waals surface area contributed by atoms with Gasteiger partial charge in [-0.3, -0.25) is 4.79 Å². The van der Waals surface area contributed by atoms with Crippen LogP contribution in [0, 0.1) is 0 Å². The van der Waals surface area contributed by atoms with E-state index in [1.165, 1.54) is 17.0 Å². The topological polar surface area (TPSA) is 63.7 Å². The van der Waals surface area contributed by atoms with Gasteiger partial charge < -0.3 is 9.64 Å². The van der Waals surface area contributed by atoms with Crippen molar-refractivity contribution in [3.8, 4) is 5.75 Å². The number of carbonyl (C=O) groups is 1. The van der Waals surface area contributed by atoms with Gasteiger partial charge in [0.1, 0.15) is 5.75 Å². The van der Waals surface area contributed by atoms with Gasteiger partial charge in [0, 0.05) is 7.05 Å². The van der Waals surface area contributed by atoms with E-state index < -0.39 is 9.84 Å². The first kappa shape index (κ1) is 12.9. The van der Waals surface area contributed by atoms with Gasteiger partial charge >= 0.3 is 0 Å². The van der Waals surface area contributed by atoms with Crippen molar-refractivity contribution in [1.29, 1.82) is 0 Å². The number of hydrogen-bond donors (Lipinski definition) is 0. The zero-order valence-electron chi connectivity index (χ0n) is 10.3. The Morgan fingerprint density at radius 1 is 1.39 bits per heavy atom. The van der Waals surface area contributed by atoms with Crippen LogP contribution in [0.4, 0.5) is 5.69 Å². The standard InChI is InChI=1S/C12H15NO4S/c1-3-6-18(15,16)9-4-5-11-10(7-9)13(2)12(14)8-17-11/h4-5,7H,3,6,8H2,1-2H3. The fraction of sp³-hybridized carbons (Fsp3) is 0.417. The monoisotopic (exact) mass is 269 g/mol. The molecular formula is C12H15NO4S. The Balaban J connectivity index is 2.47. The minimum absolute atomic E-state index is 0.00937. The van der Waals surface area contributed by atoms with Crippen molar-refractivity contribution in [2.75, 3.05) is 24.3 Å². The fourth-order valence-electron chi connectivity index (χ4n) is 1.83. The molecule has 1 aliphatic rings. The first-order valence-corrected chi connectivity index (χ1v) is 7.37. The third-order valence-corrected chi connectivity index (χ3v) is 4.77. The van der Waals surface area contributed by atoms with Crippen LogP contribution >= 0.6 is 0 Å². The summed E-state index contributed by atoms with van der Waals surface area (Å²) in [7, 11) is -1.67. The van der Waals surface area contributed by atoms with Crippen LogP contribution in [0.3, 0.4) is 0 Å². The second-order valence-electron chi connectivity index (χ2n) is 4.19. The van der Waals surface area contributed by atoms with E-state index >= 15 is 0 Å². The molecule has 1 aliphatic heterocycles. The molecule has 0 aliphatic carbocycles. The molecule has 6 heteroatoms. The fourth-order valence-corrected chi connectivity index (χ4v) is 3.17. The van der Waals surface area contributed by atoms with Crippen molar-refractivity contribution in [3.63, 3.8) is 0 Å². The Hall–Kier alpha value is -1.56. The van der Waals surface area contributed by atoms with E-state index in [1.54, 1.807) is 13.1 Å². The highest BCUT2D eigenvalue weighted by atomic mass is 32.2. The van der Waals surface area contributed by atoms with Crippen LogP contribution in [0.5, 0.6) is 5.75 Å².